The second kappa shape index (κ2) is 3.40. The molecule has 0 spiro atoms. The van der Waals surface area contributed by atoms with E-state index in [2.05, 4.69) is 4.98 Å². The first kappa shape index (κ1) is 5.92. The maximum Gasteiger partial charge on any atom is 0.0702 e. The number of nitrogens with zero attached hydrogens (tertiary/aromatic N) is 1. The van der Waals surface area contributed by atoms with E-state index in [1.54, 1.807) is 12.3 Å². The summed E-state index contributed by atoms with van der Waals surface area (Å²) in [4.78, 5) is 4.23. The van der Waals surface area contributed by atoms with Gasteiger partial charge in [-0.1, -0.05) is 36.4 Å². The Kier molecular flexibility index (Phi) is 1.55. The lowest BCUT2D eigenvalue weighted by Gasteiger charge is -1.99. The van der Waals surface area contributed by atoms with Gasteiger partial charge in [-0.2, -0.15) is 0 Å². The van der Waals surface area contributed by atoms with E-state index in [0.717, 1.165) is 11.3 Å². The van der Waals surface area contributed by atoms with Crippen molar-refractivity contribution in [1.82, 2.24) is 4.98 Å². The van der Waals surface area contributed by atoms with Crippen molar-refractivity contribution in [2.75, 3.05) is 0 Å². The first-order valence-electron chi connectivity index (χ1n) is 5.29. The van der Waals surface area contributed by atoms with Crippen molar-refractivity contribution >= 4 is 0 Å². The molecular weight excluding hydrogens is 158 g/mol. The molecule has 0 bridgehead atoms. The van der Waals surface area contributed by atoms with Crippen molar-refractivity contribution in [3.05, 3.63) is 54.2 Å². The van der Waals surface area contributed by atoms with Crippen molar-refractivity contribution in [3.8, 4) is 11.3 Å². The maximum absolute atomic E-state index is 7.22. The average molecular weight is 171 g/mol. The van der Waals surface area contributed by atoms with Gasteiger partial charge in [-0.3, -0.25) is 4.98 Å². The number of hydrogen-bond donors (Lipinski definition) is 0. The van der Waals surface area contributed by atoms with Crippen LogP contribution >= 0.6 is 0 Å². The lowest BCUT2D eigenvalue weighted by molar-refractivity contribution is 1.27. The lowest BCUT2D eigenvalue weighted by Crippen LogP contribution is -1.82. The van der Waals surface area contributed by atoms with Crippen LogP contribution in [0.25, 0.3) is 11.3 Å². The predicted octanol–water partition coefficient (Wildman–Crippen LogP) is 3.06. The average Bonchev–Trinajstić information content (AvgIpc) is 2.30. The lowest BCUT2D eigenvalue weighted by atomic mass is 10.1. The summed E-state index contributed by atoms with van der Waals surface area (Å²) in [5, 5.41) is 0. The van der Waals surface area contributed by atoms with Crippen molar-refractivity contribution in [2.24, 2.45) is 0 Å². The Hall–Kier alpha value is -1.63. The molecule has 0 aliphatic carbocycles. The first-order valence-corrected chi connectivity index (χ1v) is 4.13. The van der Waals surface area contributed by atoms with Crippen LogP contribution in [0.2, 0.25) is 0 Å². The van der Waals surface area contributed by atoms with E-state index in [-0.39, 0.29) is 0 Å². The van der Waals surface area contributed by atoms with Gasteiger partial charge in [-0.05, 0) is 18.5 Å². The highest BCUT2D eigenvalue weighted by molar-refractivity contribution is 5.58. The molecule has 1 nitrogen and oxygen atoms in total. The maximum atomic E-state index is 7.22. The highest BCUT2D eigenvalue weighted by atomic mass is 14.7. The first-order chi connectivity index (χ1) is 7.27. The van der Waals surface area contributed by atoms with Crippen LogP contribution in [0.3, 0.4) is 0 Å². The summed E-state index contributed by atoms with van der Waals surface area (Å²) in [5.41, 5.74) is 2.55. The van der Waals surface area contributed by atoms with Crippen LogP contribution in [0, 0.1) is 6.88 Å². The molecule has 1 aromatic heterocycles. The van der Waals surface area contributed by atoms with Crippen molar-refractivity contribution in [1.29, 1.82) is 0 Å². The molecule has 0 saturated heterocycles. The van der Waals surface area contributed by atoms with Crippen LogP contribution in [0.15, 0.2) is 48.7 Å². The highest BCUT2D eigenvalue weighted by Crippen LogP contribution is 2.15. The van der Waals surface area contributed by atoms with Gasteiger partial charge in [0.05, 0.1) is 5.69 Å². The van der Waals surface area contributed by atoms with E-state index in [4.69, 9.17) is 2.74 Å². The van der Waals surface area contributed by atoms with Gasteiger partial charge in [0, 0.05) is 14.5 Å². The zero-order valence-electron chi connectivity index (χ0n) is 9.14. The number of hydrogen-bond acceptors (Lipinski definition) is 1. The van der Waals surface area contributed by atoms with E-state index >= 15 is 0 Å². The largest absolute Gasteiger partial charge is 0.256 e. The quantitative estimate of drug-likeness (QED) is 0.642. The van der Waals surface area contributed by atoms with E-state index in [1.807, 2.05) is 36.4 Å². The summed E-state index contributed by atoms with van der Waals surface area (Å²) < 4.78 is 14.4. The van der Waals surface area contributed by atoms with Gasteiger partial charge in [0.1, 0.15) is 0 Å². The number of aryl methyl sites for hydroxylation is 1. The van der Waals surface area contributed by atoms with Crippen molar-refractivity contribution in [3.63, 3.8) is 0 Å². The van der Waals surface area contributed by atoms with Gasteiger partial charge < -0.3 is 0 Å². The molecule has 1 aromatic carbocycles. The van der Waals surface area contributed by atoms with E-state index in [0.29, 0.717) is 5.56 Å². The second-order valence-corrected chi connectivity index (χ2v) is 2.84. The second-order valence-electron chi connectivity index (χ2n) is 2.84. The number of aromatic nitrogens is 1. The van der Waals surface area contributed by atoms with E-state index in [9.17, 15) is 0 Å². The summed E-state index contributed by atoms with van der Waals surface area (Å²) in [6, 6.07) is 13.5. The SMILES string of the molecule is [2H]C([2H])c1ccc(-c2ccccc2)nc1. The fourth-order valence-electron chi connectivity index (χ4n) is 1.18. The minimum atomic E-state index is -0.956. The van der Waals surface area contributed by atoms with Gasteiger partial charge in [-0.15, -0.1) is 0 Å². The van der Waals surface area contributed by atoms with Crippen molar-refractivity contribution < 1.29 is 2.74 Å². The molecule has 0 amide bonds. The van der Waals surface area contributed by atoms with Crippen LogP contribution in [0.5, 0.6) is 0 Å². The Labute approximate surface area is 80.9 Å². The fourth-order valence-corrected chi connectivity index (χ4v) is 1.18. The monoisotopic (exact) mass is 171 g/mol. The molecule has 2 aromatic rings. The van der Waals surface area contributed by atoms with Gasteiger partial charge in [0.15, 0.2) is 0 Å². The van der Waals surface area contributed by atoms with E-state index in [1.165, 1.54) is 0 Å². The molecule has 0 aliphatic heterocycles. The fraction of sp³-hybridized carbons (Fsp3) is 0.0833. The standard InChI is InChI=1S/C12H11N/c1-10-7-8-12(13-9-10)11-5-3-2-4-6-11/h2-9H,1H3/i1D2. The summed E-state index contributed by atoms with van der Waals surface area (Å²) in [5.74, 6) is 0. The van der Waals surface area contributed by atoms with Gasteiger partial charge in [0.2, 0.25) is 0 Å². The molecule has 64 valence electrons. The smallest absolute Gasteiger partial charge is 0.0702 e. The topological polar surface area (TPSA) is 12.9 Å². The van der Waals surface area contributed by atoms with E-state index < -0.39 is 6.88 Å². The third-order valence-electron chi connectivity index (χ3n) is 1.86. The Morgan fingerprint density at radius 2 is 1.92 bits per heavy atom. The van der Waals surface area contributed by atoms with Gasteiger partial charge in [0.25, 0.3) is 0 Å². The van der Waals surface area contributed by atoms with Gasteiger partial charge >= 0.3 is 0 Å². The minimum absolute atomic E-state index is 0.620. The Morgan fingerprint density at radius 3 is 2.54 bits per heavy atom. The molecule has 1 heteroatoms. The third kappa shape index (κ3) is 1.75. The molecule has 0 N–H and O–H groups in total. The molecule has 1 heterocycles. The minimum Gasteiger partial charge on any atom is -0.256 e. The number of rotatable bonds is 1. The van der Waals surface area contributed by atoms with Crippen LogP contribution in [0.1, 0.15) is 8.30 Å². The van der Waals surface area contributed by atoms with Crippen LogP contribution in [-0.2, 0) is 0 Å². The molecule has 0 atom stereocenters. The molecule has 13 heavy (non-hydrogen) atoms. The summed E-state index contributed by atoms with van der Waals surface area (Å²) in [6.07, 6.45) is 1.59. The summed E-state index contributed by atoms with van der Waals surface area (Å²) in [7, 11) is 0. The Morgan fingerprint density at radius 1 is 1.08 bits per heavy atom. The Bertz CT molecular complexity index is 423. The predicted molar refractivity (Wildman–Crippen MR) is 54.4 cm³/mol. The molecule has 0 fully saturated rings. The molecular formula is C12H11N. The third-order valence-corrected chi connectivity index (χ3v) is 1.86. The van der Waals surface area contributed by atoms with Crippen molar-refractivity contribution in [2.45, 2.75) is 6.88 Å². The van der Waals surface area contributed by atoms with Crippen LogP contribution in [0.4, 0.5) is 0 Å². The summed E-state index contributed by atoms with van der Waals surface area (Å²) >= 11 is 0. The normalized spacial score (nSPS) is 12.4. The van der Waals surface area contributed by atoms with Crippen LogP contribution < -0.4 is 0 Å². The molecule has 0 saturated carbocycles. The van der Waals surface area contributed by atoms with Gasteiger partial charge in [-0.25, -0.2) is 0 Å². The number of benzene rings is 1. The van der Waals surface area contributed by atoms with Crippen LogP contribution in [-0.4, -0.2) is 4.98 Å². The zero-order chi connectivity index (χ0) is 10.7. The number of pyridine rings is 1. The highest BCUT2D eigenvalue weighted by Gasteiger charge is 1.95. The molecule has 0 unspecified atom stereocenters. The molecule has 0 radical (unpaired) electrons. The molecule has 0 aliphatic rings. The Balaban J connectivity index is 2.32. The molecule has 2 rings (SSSR count). The zero-order valence-corrected chi connectivity index (χ0v) is 7.14. The summed E-state index contributed by atoms with van der Waals surface area (Å²) in [6.45, 7) is -0.956.